The van der Waals surface area contributed by atoms with Crippen LogP contribution in [0.4, 0.5) is 4.79 Å². The fourth-order valence-electron chi connectivity index (χ4n) is 1.64. The van der Waals surface area contributed by atoms with Crippen molar-refractivity contribution in [2.45, 2.75) is 24.3 Å². The molecule has 4 nitrogen and oxygen atoms in total. The average Bonchev–Trinajstić information content (AvgIpc) is 2.34. The summed E-state index contributed by atoms with van der Waals surface area (Å²) >= 11 is 7.46. The van der Waals surface area contributed by atoms with Gasteiger partial charge in [-0.05, 0) is 38.1 Å². The highest BCUT2D eigenvalue weighted by atomic mass is 35.5. The van der Waals surface area contributed by atoms with E-state index >= 15 is 0 Å². The number of carbonyl (C=O) groups is 1. The van der Waals surface area contributed by atoms with Gasteiger partial charge in [0.1, 0.15) is 0 Å². The molecule has 0 bridgehead atoms. The van der Waals surface area contributed by atoms with Gasteiger partial charge in [0.25, 0.3) is 0 Å². The van der Waals surface area contributed by atoms with E-state index < -0.39 is 5.60 Å². The number of aliphatic hydroxyl groups is 1. The molecule has 112 valence electrons. The van der Waals surface area contributed by atoms with Gasteiger partial charge in [-0.3, -0.25) is 0 Å². The molecule has 0 unspecified atom stereocenters. The number of benzene rings is 1. The van der Waals surface area contributed by atoms with E-state index in [1.54, 1.807) is 32.7 Å². The van der Waals surface area contributed by atoms with Gasteiger partial charge in [0, 0.05) is 29.3 Å². The second-order valence-corrected chi connectivity index (χ2v) is 6.81. The van der Waals surface area contributed by atoms with Crippen LogP contribution in [-0.2, 0) is 0 Å². The number of nitrogens with zero attached hydrogens (tertiary/aromatic N) is 1. The fraction of sp³-hybridized carbons (Fsp3) is 0.500. The van der Waals surface area contributed by atoms with Crippen molar-refractivity contribution in [2.75, 3.05) is 25.9 Å². The monoisotopic (exact) mass is 316 g/mol. The molecule has 0 aliphatic carbocycles. The summed E-state index contributed by atoms with van der Waals surface area (Å²) in [5, 5.41) is 13.2. The lowest BCUT2D eigenvalue weighted by molar-refractivity contribution is 0.0533. The topological polar surface area (TPSA) is 52.6 Å². The summed E-state index contributed by atoms with van der Waals surface area (Å²) < 4.78 is 0. The van der Waals surface area contributed by atoms with Gasteiger partial charge >= 0.3 is 6.03 Å². The zero-order chi connectivity index (χ0) is 15.2. The molecule has 0 saturated carbocycles. The minimum atomic E-state index is -0.885. The Bertz CT molecular complexity index is 432. The third kappa shape index (κ3) is 7.03. The molecule has 20 heavy (non-hydrogen) atoms. The lowest BCUT2D eigenvalue weighted by Gasteiger charge is -2.25. The quantitative estimate of drug-likeness (QED) is 0.627. The molecule has 2 N–H and O–H groups in total. The predicted molar refractivity (Wildman–Crippen MR) is 84.5 cm³/mol. The van der Waals surface area contributed by atoms with Crippen molar-refractivity contribution in [3.63, 3.8) is 0 Å². The van der Waals surface area contributed by atoms with E-state index in [4.69, 9.17) is 11.6 Å². The summed E-state index contributed by atoms with van der Waals surface area (Å²) in [5.41, 5.74) is -0.885. The number of hydrogen-bond donors (Lipinski definition) is 2. The Kier molecular flexibility index (Phi) is 6.65. The summed E-state index contributed by atoms with van der Waals surface area (Å²) in [4.78, 5) is 14.4. The van der Waals surface area contributed by atoms with E-state index in [2.05, 4.69) is 5.32 Å². The molecule has 1 aromatic rings. The maximum atomic E-state index is 11.8. The number of carbonyl (C=O) groups excluding carboxylic acids is 1. The van der Waals surface area contributed by atoms with Crippen LogP contribution in [0.15, 0.2) is 29.2 Å². The van der Waals surface area contributed by atoms with Crippen molar-refractivity contribution < 1.29 is 9.90 Å². The molecule has 0 aliphatic rings. The zero-order valence-electron chi connectivity index (χ0n) is 12.0. The maximum absolute atomic E-state index is 11.8. The van der Waals surface area contributed by atoms with Crippen molar-refractivity contribution in [2.24, 2.45) is 0 Å². The van der Waals surface area contributed by atoms with Crippen LogP contribution in [-0.4, -0.2) is 47.5 Å². The van der Waals surface area contributed by atoms with Gasteiger partial charge in [-0.1, -0.05) is 11.6 Å². The predicted octanol–water partition coefficient (Wildman–Crippen LogP) is 2.84. The van der Waals surface area contributed by atoms with Crippen LogP contribution in [0, 0.1) is 0 Å². The Labute approximate surface area is 129 Å². The Morgan fingerprint density at radius 1 is 1.40 bits per heavy atom. The van der Waals surface area contributed by atoms with Gasteiger partial charge in [0.15, 0.2) is 0 Å². The van der Waals surface area contributed by atoms with E-state index in [9.17, 15) is 9.90 Å². The normalized spacial score (nSPS) is 11.2. The highest BCUT2D eigenvalue weighted by molar-refractivity contribution is 7.99. The van der Waals surface area contributed by atoms with Crippen molar-refractivity contribution in [1.82, 2.24) is 10.2 Å². The summed E-state index contributed by atoms with van der Waals surface area (Å²) in [6.45, 7) is 4.21. The lowest BCUT2D eigenvalue weighted by atomic mass is 10.1. The SMILES string of the molecule is CN(CC(C)(C)O)C(=O)NCCSc1ccc(Cl)cc1. The summed E-state index contributed by atoms with van der Waals surface area (Å²) in [7, 11) is 1.67. The third-order valence-electron chi connectivity index (χ3n) is 2.43. The van der Waals surface area contributed by atoms with Gasteiger partial charge in [-0.2, -0.15) is 0 Å². The minimum Gasteiger partial charge on any atom is -0.389 e. The van der Waals surface area contributed by atoms with Crippen LogP contribution in [0.2, 0.25) is 5.02 Å². The van der Waals surface area contributed by atoms with Gasteiger partial charge in [0.2, 0.25) is 0 Å². The van der Waals surface area contributed by atoms with Gasteiger partial charge in [-0.25, -0.2) is 4.79 Å². The van der Waals surface area contributed by atoms with Crippen LogP contribution in [0.3, 0.4) is 0 Å². The smallest absolute Gasteiger partial charge is 0.317 e. The van der Waals surface area contributed by atoms with Crippen LogP contribution in [0.1, 0.15) is 13.8 Å². The minimum absolute atomic E-state index is 0.177. The maximum Gasteiger partial charge on any atom is 0.317 e. The van der Waals surface area contributed by atoms with E-state index in [1.165, 1.54) is 4.90 Å². The van der Waals surface area contributed by atoms with Crippen molar-refractivity contribution >= 4 is 29.4 Å². The molecule has 0 aromatic heterocycles. The molecule has 6 heteroatoms. The number of amides is 2. The van der Waals surface area contributed by atoms with Gasteiger partial charge in [0.05, 0.1) is 12.1 Å². The average molecular weight is 317 g/mol. The Balaban J connectivity index is 2.23. The van der Waals surface area contributed by atoms with Crippen molar-refractivity contribution in [3.05, 3.63) is 29.3 Å². The zero-order valence-corrected chi connectivity index (χ0v) is 13.6. The van der Waals surface area contributed by atoms with Gasteiger partial charge in [-0.15, -0.1) is 11.8 Å². The number of likely N-dealkylation sites (N-methyl/N-ethyl adjacent to an activating group) is 1. The molecule has 0 spiro atoms. The molecule has 1 aromatic carbocycles. The summed E-state index contributed by atoms with van der Waals surface area (Å²) in [5.74, 6) is 0.781. The van der Waals surface area contributed by atoms with E-state index in [1.807, 2.05) is 24.3 Å². The number of halogens is 1. The molecule has 0 heterocycles. The molecule has 0 saturated heterocycles. The summed E-state index contributed by atoms with van der Waals surface area (Å²) in [6.07, 6.45) is 0. The Hall–Kier alpha value is -0.910. The first kappa shape index (κ1) is 17.1. The fourth-order valence-corrected chi connectivity index (χ4v) is 2.54. The number of urea groups is 1. The van der Waals surface area contributed by atoms with Crippen molar-refractivity contribution in [1.29, 1.82) is 0 Å². The molecule has 0 aliphatic heterocycles. The first-order chi connectivity index (χ1) is 9.28. The Morgan fingerprint density at radius 3 is 2.55 bits per heavy atom. The third-order valence-corrected chi connectivity index (χ3v) is 3.70. The molecular weight excluding hydrogens is 296 g/mol. The number of rotatable bonds is 6. The number of thioether (sulfide) groups is 1. The summed E-state index contributed by atoms with van der Waals surface area (Å²) in [6, 6.07) is 7.42. The van der Waals surface area contributed by atoms with Crippen LogP contribution < -0.4 is 5.32 Å². The molecule has 2 amide bonds. The first-order valence-corrected chi connectivity index (χ1v) is 7.74. The lowest BCUT2D eigenvalue weighted by Crippen LogP contribution is -2.45. The van der Waals surface area contributed by atoms with E-state index in [-0.39, 0.29) is 6.03 Å². The van der Waals surface area contributed by atoms with Crippen molar-refractivity contribution in [3.8, 4) is 0 Å². The highest BCUT2D eigenvalue weighted by Crippen LogP contribution is 2.19. The van der Waals surface area contributed by atoms with Crippen LogP contribution in [0.25, 0.3) is 0 Å². The first-order valence-electron chi connectivity index (χ1n) is 6.38. The van der Waals surface area contributed by atoms with Gasteiger partial charge < -0.3 is 15.3 Å². The molecule has 0 radical (unpaired) electrons. The second kappa shape index (κ2) is 7.76. The molecular formula is C14H21ClN2O2S. The molecule has 1 rings (SSSR count). The van der Waals surface area contributed by atoms with Crippen LogP contribution in [0.5, 0.6) is 0 Å². The van der Waals surface area contributed by atoms with Crippen LogP contribution >= 0.6 is 23.4 Å². The number of nitrogens with one attached hydrogen (secondary N) is 1. The second-order valence-electron chi connectivity index (χ2n) is 5.20. The standard InChI is InChI=1S/C14H21ClN2O2S/c1-14(2,19)10-17(3)13(18)16-8-9-20-12-6-4-11(15)5-7-12/h4-7,19H,8-10H2,1-3H3,(H,16,18). The largest absolute Gasteiger partial charge is 0.389 e. The number of hydrogen-bond acceptors (Lipinski definition) is 3. The molecule has 0 atom stereocenters. The van der Waals surface area contributed by atoms with E-state index in [0.717, 1.165) is 15.7 Å². The highest BCUT2D eigenvalue weighted by Gasteiger charge is 2.18. The van der Waals surface area contributed by atoms with E-state index in [0.29, 0.717) is 13.1 Å². The molecule has 0 fully saturated rings. The Morgan fingerprint density at radius 2 is 2.00 bits per heavy atom.